The van der Waals surface area contributed by atoms with E-state index in [1.807, 2.05) is 25.1 Å². The van der Waals surface area contributed by atoms with E-state index in [2.05, 4.69) is 10.3 Å². The smallest absolute Gasteiger partial charge is 0.224 e. The molecule has 2 aromatic rings. The third-order valence-electron chi connectivity index (χ3n) is 2.21. The number of likely N-dealkylation sites (N-methyl/N-ethyl adjacent to an activating group) is 1. The average Bonchev–Trinajstić information content (AvgIpc) is 2.57. The number of nitrogens with two attached hydrogens (primary N) is 1. The zero-order valence-electron chi connectivity index (χ0n) is 8.99. The van der Waals surface area contributed by atoms with Crippen LogP contribution in [0.5, 0.6) is 0 Å². The van der Waals surface area contributed by atoms with E-state index in [9.17, 15) is 4.79 Å². The predicted molar refractivity (Wildman–Crippen MR) is 66.4 cm³/mol. The van der Waals surface area contributed by atoms with Crippen LogP contribution in [0.4, 0.5) is 5.13 Å². The third-order valence-corrected chi connectivity index (χ3v) is 3.06. The van der Waals surface area contributed by atoms with E-state index in [1.165, 1.54) is 11.3 Å². The standard InChI is InChI=1S/C11H13N3OS/c1-2-13-10(15)6-7-3-4-8-9(5-7)16-11(12)14-8/h3-5H,2,6H2,1H3,(H2,12,14)(H,13,15). The van der Waals surface area contributed by atoms with E-state index in [0.717, 1.165) is 15.8 Å². The Morgan fingerprint density at radius 3 is 3.12 bits per heavy atom. The molecule has 0 aliphatic carbocycles. The number of nitrogens with one attached hydrogen (secondary N) is 1. The van der Waals surface area contributed by atoms with E-state index < -0.39 is 0 Å². The molecule has 0 radical (unpaired) electrons. The summed E-state index contributed by atoms with van der Waals surface area (Å²) in [6, 6.07) is 5.78. The lowest BCUT2D eigenvalue weighted by Gasteiger charge is -2.01. The van der Waals surface area contributed by atoms with Gasteiger partial charge in [0.25, 0.3) is 0 Å². The molecule has 84 valence electrons. The number of anilines is 1. The van der Waals surface area contributed by atoms with Gasteiger partial charge in [-0.25, -0.2) is 4.98 Å². The summed E-state index contributed by atoms with van der Waals surface area (Å²) in [5.74, 6) is 0.0411. The Morgan fingerprint density at radius 2 is 2.38 bits per heavy atom. The van der Waals surface area contributed by atoms with Crippen LogP contribution in [-0.4, -0.2) is 17.4 Å². The van der Waals surface area contributed by atoms with Gasteiger partial charge in [-0.3, -0.25) is 4.79 Å². The lowest BCUT2D eigenvalue weighted by molar-refractivity contribution is -0.120. The summed E-state index contributed by atoms with van der Waals surface area (Å²) in [5.41, 5.74) is 7.50. The first-order valence-electron chi connectivity index (χ1n) is 5.10. The second-order valence-electron chi connectivity index (χ2n) is 3.48. The predicted octanol–water partition coefficient (Wildman–Crippen LogP) is 1.56. The highest BCUT2D eigenvalue weighted by Crippen LogP contribution is 2.24. The van der Waals surface area contributed by atoms with Crippen LogP contribution < -0.4 is 11.1 Å². The van der Waals surface area contributed by atoms with Gasteiger partial charge in [0.1, 0.15) is 0 Å². The van der Waals surface area contributed by atoms with Gasteiger partial charge in [-0.2, -0.15) is 0 Å². The topological polar surface area (TPSA) is 68.0 Å². The van der Waals surface area contributed by atoms with Crippen molar-refractivity contribution in [3.8, 4) is 0 Å². The van der Waals surface area contributed by atoms with E-state index >= 15 is 0 Å². The van der Waals surface area contributed by atoms with Gasteiger partial charge in [-0.15, -0.1) is 0 Å². The molecular formula is C11H13N3OS. The molecule has 0 aliphatic heterocycles. The van der Waals surface area contributed by atoms with Gasteiger partial charge in [0.15, 0.2) is 5.13 Å². The van der Waals surface area contributed by atoms with E-state index in [-0.39, 0.29) is 5.91 Å². The fraction of sp³-hybridized carbons (Fsp3) is 0.273. The second-order valence-corrected chi connectivity index (χ2v) is 4.55. The minimum absolute atomic E-state index is 0.0411. The van der Waals surface area contributed by atoms with Crippen LogP contribution in [0, 0.1) is 0 Å². The Hall–Kier alpha value is -1.62. The Labute approximate surface area is 97.5 Å². The lowest BCUT2D eigenvalue weighted by atomic mass is 10.1. The molecule has 0 spiro atoms. The number of hydrogen-bond acceptors (Lipinski definition) is 4. The number of carbonyl (C=O) groups excluding carboxylic acids is 1. The first-order chi connectivity index (χ1) is 7.69. The number of amides is 1. The largest absolute Gasteiger partial charge is 0.375 e. The number of carbonyl (C=O) groups is 1. The Morgan fingerprint density at radius 1 is 1.56 bits per heavy atom. The molecule has 16 heavy (non-hydrogen) atoms. The highest BCUT2D eigenvalue weighted by atomic mass is 32.1. The van der Waals surface area contributed by atoms with Crippen LogP contribution >= 0.6 is 11.3 Å². The lowest BCUT2D eigenvalue weighted by Crippen LogP contribution is -2.24. The van der Waals surface area contributed by atoms with Crippen molar-refractivity contribution in [2.75, 3.05) is 12.3 Å². The molecule has 4 nitrogen and oxygen atoms in total. The molecule has 2 rings (SSSR count). The van der Waals surface area contributed by atoms with Crippen molar-refractivity contribution in [2.24, 2.45) is 0 Å². The molecular weight excluding hydrogens is 222 g/mol. The minimum atomic E-state index is 0.0411. The van der Waals surface area contributed by atoms with Crippen LogP contribution in [0.3, 0.4) is 0 Å². The van der Waals surface area contributed by atoms with Crippen molar-refractivity contribution in [3.05, 3.63) is 23.8 Å². The minimum Gasteiger partial charge on any atom is -0.375 e. The quantitative estimate of drug-likeness (QED) is 0.848. The van der Waals surface area contributed by atoms with Gasteiger partial charge in [-0.1, -0.05) is 17.4 Å². The molecule has 5 heteroatoms. The maximum Gasteiger partial charge on any atom is 0.224 e. The molecule has 0 unspecified atom stereocenters. The first-order valence-corrected chi connectivity index (χ1v) is 5.92. The summed E-state index contributed by atoms with van der Waals surface area (Å²) in [4.78, 5) is 15.6. The molecule has 0 saturated heterocycles. The van der Waals surface area contributed by atoms with Gasteiger partial charge in [-0.05, 0) is 24.6 Å². The zero-order valence-corrected chi connectivity index (χ0v) is 9.80. The number of nitrogens with zero attached hydrogens (tertiary/aromatic N) is 1. The summed E-state index contributed by atoms with van der Waals surface area (Å²) in [6.45, 7) is 2.57. The molecule has 0 saturated carbocycles. The molecule has 0 atom stereocenters. The first kappa shape index (κ1) is 10.9. The number of hydrogen-bond donors (Lipinski definition) is 2. The van der Waals surface area contributed by atoms with Crippen LogP contribution in [0.25, 0.3) is 10.2 Å². The monoisotopic (exact) mass is 235 g/mol. The average molecular weight is 235 g/mol. The molecule has 1 aromatic carbocycles. The number of rotatable bonds is 3. The summed E-state index contributed by atoms with van der Waals surface area (Å²) in [6.07, 6.45) is 0.404. The maximum atomic E-state index is 11.4. The Balaban J connectivity index is 2.22. The SMILES string of the molecule is CCNC(=O)Cc1ccc2nc(N)sc2c1. The Kier molecular flexibility index (Phi) is 3.05. The molecule has 1 amide bonds. The highest BCUT2D eigenvalue weighted by Gasteiger charge is 2.05. The molecule has 3 N–H and O–H groups in total. The van der Waals surface area contributed by atoms with Crippen molar-refractivity contribution in [1.29, 1.82) is 0 Å². The molecule has 0 fully saturated rings. The molecule has 0 aliphatic rings. The second kappa shape index (κ2) is 4.49. The van der Waals surface area contributed by atoms with Crippen molar-refractivity contribution in [1.82, 2.24) is 10.3 Å². The number of thiazole rings is 1. The van der Waals surface area contributed by atoms with Crippen molar-refractivity contribution in [2.45, 2.75) is 13.3 Å². The van der Waals surface area contributed by atoms with Crippen molar-refractivity contribution in [3.63, 3.8) is 0 Å². The summed E-state index contributed by atoms with van der Waals surface area (Å²) in [7, 11) is 0. The van der Waals surface area contributed by atoms with Gasteiger partial charge in [0.2, 0.25) is 5.91 Å². The maximum absolute atomic E-state index is 11.4. The number of aromatic nitrogens is 1. The van der Waals surface area contributed by atoms with Gasteiger partial charge >= 0.3 is 0 Å². The van der Waals surface area contributed by atoms with E-state index in [4.69, 9.17) is 5.73 Å². The normalized spacial score (nSPS) is 10.6. The van der Waals surface area contributed by atoms with Gasteiger partial charge in [0.05, 0.1) is 16.6 Å². The molecule has 0 bridgehead atoms. The molecule has 1 aromatic heterocycles. The van der Waals surface area contributed by atoms with Crippen LogP contribution in [-0.2, 0) is 11.2 Å². The number of fused-ring (bicyclic) bond motifs is 1. The van der Waals surface area contributed by atoms with Gasteiger partial charge in [0, 0.05) is 6.54 Å². The molecule has 1 heterocycles. The van der Waals surface area contributed by atoms with Crippen LogP contribution in [0.2, 0.25) is 0 Å². The van der Waals surface area contributed by atoms with Crippen LogP contribution in [0.15, 0.2) is 18.2 Å². The summed E-state index contributed by atoms with van der Waals surface area (Å²) >= 11 is 1.44. The highest BCUT2D eigenvalue weighted by molar-refractivity contribution is 7.22. The van der Waals surface area contributed by atoms with Crippen molar-refractivity contribution < 1.29 is 4.79 Å². The fourth-order valence-electron chi connectivity index (χ4n) is 1.54. The van der Waals surface area contributed by atoms with E-state index in [0.29, 0.717) is 18.1 Å². The number of benzene rings is 1. The zero-order chi connectivity index (χ0) is 11.5. The van der Waals surface area contributed by atoms with Crippen LogP contribution in [0.1, 0.15) is 12.5 Å². The van der Waals surface area contributed by atoms with Crippen molar-refractivity contribution >= 4 is 32.6 Å². The summed E-state index contributed by atoms with van der Waals surface area (Å²) in [5, 5.41) is 3.33. The fourth-order valence-corrected chi connectivity index (χ4v) is 2.34. The van der Waals surface area contributed by atoms with Gasteiger partial charge < -0.3 is 11.1 Å². The summed E-state index contributed by atoms with van der Waals surface area (Å²) < 4.78 is 1.03. The Bertz CT molecular complexity index is 521. The number of nitrogen functional groups attached to an aromatic ring is 1. The van der Waals surface area contributed by atoms with E-state index in [1.54, 1.807) is 0 Å². The third kappa shape index (κ3) is 2.30.